The largest absolute Gasteiger partial charge is 0.396 e. The zero-order valence-corrected chi connectivity index (χ0v) is 18.6. The van der Waals surface area contributed by atoms with Gasteiger partial charge in [0.15, 0.2) is 5.78 Å². The summed E-state index contributed by atoms with van der Waals surface area (Å²) < 4.78 is 1.91. The van der Waals surface area contributed by atoms with Gasteiger partial charge in [-0.05, 0) is 99.2 Å². The van der Waals surface area contributed by atoms with Crippen LogP contribution in [0, 0.1) is 40.4 Å². The van der Waals surface area contributed by atoms with Crippen LogP contribution < -0.4 is 0 Å². The molecule has 0 aliphatic heterocycles. The first-order chi connectivity index (χ1) is 14.3. The monoisotopic (exact) mass is 414 g/mol. The van der Waals surface area contributed by atoms with Crippen LogP contribution >= 0.6 is 0 Å². The van der Waals surface area contributed by atoms with E-state index in [-0.39, 0.29) is 23.4 Å². The number of imidazole rings is 1. The SMILES string of the molecule is C[C@@]1(O)CC[C@@]2(CO)[C@@H](CC[C@H]3[C@@H]4CC[C@H](C(=O)Cn5ccnc5)[C@@]4(C)CC[C@@H]32)C1. The Morgan fingerprint density at radius 2 is 1.93 bits per heavy atom. The zero-order chi connectivity index (χ0) is 21.1. The number of aromatic nitrogens is 2. The first-order valence-electron chi connectivity index (χ1n) is 12.1. The van der Waals surface area contributed by atoms with Crippen LogP contribution in [0.25, 0.3) is 0 Å². The molecule has 5 heteroatoms. The summed E-state index contributed by atoms with van der Waals surface area (Å²) in [6.45, 7) is 5.08. The second kappa shape index (κ2) is 7.16. The molecule has 4 saturated carbocycles. The van der Waals surface area contributed by atoms with Gasteiger partial charge in [-0.1, -0.05) is 6.92 Å². The van der Waals surface area contributed by atoms with E-state index in [1.807, 2.05) is 17.7 Å². The van der Waals surface area contributed by atoms with E-state index in [0.717, 1.165) is 51.4 Å². The van der Waals surface area contributed by atoms with Crippen molar-refractivity contribution in [3.05, 3.63) is 18.7 Å². The fourth-order valence-electron chi connectivity index (χ4n) is 8.74. The van der Waals surface area contributed by atoms with Crippen molar-refractivity contribution in [1.29, 1.82) is 0 Å². The molecule has 4 aliphatic carbocycles. The van der Waals surface area contributed by atoms with Gasteiger partial charge in [0.25, 0.3) is 0 Å². The van der Waals surface area contributed by atoms with E-state index >= 15 is 0 Å². The lowest BCUT2D eigenvalue weighted by molar-refractivity contribution is -0.171. The Balaban J connectivity index is 1.38. The van der Waals surface area contributed by atoms with E-state index in [4.69, 9.17) is 0 Å². The number of aliphatic hydroxyl groups is 2. The summed E-state index contributed by atoms with van der Waals surface area (Å²) in [5.41, 5.74) is -0.481. The topological polar surface area (TPSA) is 75.3 Å². The highest BCUT2D eigenvalue weighted by atomic mass is 16.3. The van der Waals surface area contributed by atoms with Gasteiger partial charge < -0.3 is 14.8 Å². The summed E-state index contributed by atoms with van der Waals surface area (Å²) in [6, 6.07) is 0. The van der Waals surface area contributed by atoms with Crippen molar-refractivity contribution < 1.29 is 15.0 Å². The number of ketones is 1. The molecule has 1 heterocycles. The van der Waals surface area contributed by atoms with Gasteiger partial charge in [-0.3, -0.25) is 4.79 Å². The van der Waals surface area contributed by atoms with Crippen LogP contribution in [-0.2, 0) is 11.3 Å². The normalized spacial score (nSPS) is 47.9. The highest BCUT2D eigenvalue weighted by Crippen LogP contribution is 2.68. The van der Waals surface area contributed by atoms with Gasteiger partial charge in [-0.2, -0.15) is 0 Å². The highest BCUT2D eigenvalue weighted by molar-refractivity contribution is 5.82. The Hall–Kier alpha value is -1.20. The second-order valence-electron chi connectivity index (χ2n) is 11.6. The Labute approximate surface area is 180 Å². The molecule has 0 radical (unpaired) electrons. The van der Waals surface area contributed by atoms with Gasteiger partial charge >= 0.3 is 0 Å². The molecule has 0 bridgehead atoms. The molecule has 30 heavy (non-hydrogen) atoms. The number of aliphatic hydroxyl groups excluding tert-OH is 1. The fourth-order valence-corrected chi connectivity index (χ4v) is 8.74. The summed E-state index contributed by atoms with van der Waals surface area (Å²) in [5.74, 6) is 2.74. The molecule has 1 aromatic heterocycles. The van der Waals surface area contributed by atoms with Crippen LogP contribution in [0.3, 0.4) is 0 Å². The number of hydrogen-bond donors (Lipinski definition) is 2. The van der Waals surface area contributed by atoms with E-state index in [9.17, 15) is 15.0 Å². The van der Waals surface area contributed by atoms with Crippen LogP contribution in [0.15, 0.2) is 18.7 Å². The Kier molecular flexibility index (Phi) is 4.94. The molecule has 0 unspecified atom stereocenters. The van der Waals surface area contributed by atoms with E-state index < -0.39 is 5.60 Å². The van der Waals surface area contributed by atoms with Crippen molar-refractivity contribution in [3.8, 4) is 0 Å². The Bertz CT molecular complexity index is 790. The molecule has 4 fully saturated rings. The lowest BCUT2D eigenvalue weighted by Crippen LogP contribution is -2.58. The van der Waals surface area contributed by atoms with Gasteiger partial charge in [-0.25, -0.2) is 4.98 Å². The Morgan fingerprint density at radius 1 is 1.10 bits per heavy atom. The van der Waals surface area contributed by atoms with Crippen LogP contribution in [0.2, 0.25) is 0 Å². The molecule has 0 spiro atoms. The third kappa shape index (κ3) is 3.02. The third-order valence-electron chi connectivity index (χ3n) is 10.2. The maximum Gasteiger partial charge on any atom is 0.156 e. The molecule has 0 aromatic carbocycles. The van der Waals surface area contributed by atoms with Crippen LogP contribution in [0.4, 0.5) is 0 Å². The molecule has 4 aliphatic rings. The average Bonchev–Trinajstić information content (AvgIpc) is 3.34. The summed E-state index contributed by atoms with van der Waals surface area (Å²) in [4.78, 5) is 17.3. The number of nitrogens with zero attached hydrogens (tertiary/aromatic N) is 2. The van der Waals surface area contributed by atoms with Crippen molar-refractivity contribution in [2.45, 2.75) is 83.8 Å². The van der Waals surface area contributed by atoms with Crippen molar-refractivity contribution in [3.63, 3.8) is 0 Å². The molecule has 166 valence electrons. The van der Waals surface area contributed by atoms with Gasteiger partial charge in [0, 0.05) is 24.9 Å². The van der Waals surface area contributed by atoms with E-state index in [0.29, 0.717) is 36.0 Å². The zero-order valence-electron chi connectivity index (χ0n) is 18.6. The number of rotatable bonds is 4. The van der Waals surface area contributed by atoms with Gasteiger partial charge in [0.1, 0.15) is 0 Å². The minimum absolute atomic E-state index is 0.00854. The molecule has 0 saturated heterocycles. The molecule has 2 N–H and O–H groups in total. The van der Waals surface area contributed by atoms with Gasteiger partial charge in [0.05, 0.1) is 18.5 Å². The second-order valence-corrected chi connectivity index (χ2v) is 11.6. The minimum Gasteiger partial charge on any atom is -0.396 e. The average molecular weight is 415 g/mol. The first kappa shape index (κ1) is 20.7. The standard InChI is InChI=1S/C25H38N2O3/c1-23(30)9-10-25(15-28)17(13-23)3-4-18-19-5-6-21(24(19,2)8-7-20(18)25)22(29)14-27-12-11-26-16-27/h11-12,16-21,28,30H,3-10,13-15H2,1-2H3/t17-,18-,19-,20-,21+,23+,24-,25+/m0/s1. The first-order valence-corrected chi connectivity index (χ1v) is 12.1. The fraction of sp³-hybridized carbons (Fsp3) is 0.840. The minimum atomic E-state index is -0.572. The van der Waals surface area contributed by atoms with Crippen LogP contribution in [-0.4, -0.2) is 37.8 Å². The molecule has 1 aromatic rings. The van der Waals surface area contributed by atoms with Crippen molar-refractivity contribution in [1.82, 2.24) is 9.55 Å². The number of Topliss-reactive ketones (excluding diaryl/α,β-unsaturated/α-hetero) is 1. The number of carbonyl (C=O) groups is 1. The maximum atomic E-state index is 13.2. The maximum absolute atomic E-state index is 13.2. The Morgan fingerprint density at radius 3 is 2.67 bits per heavy atom. The molecule has 0 amide bonds. The summed E-state index contributed by atoms with van der Waals surface area (Å²) in [5, 5.41) is 21.3. The van der Waals surface area contributed by atoms with Gasteiger partial charge in [0.2, 0.25) is 0 Å². The quantitative estimate of drug-likeness (QED) is 0.785. The predicted molar refractivity (Wildman–Crippen MR) is 114 cm³/mol. The van der Waals surface area contributed by atoms with E-state index in [1.54, 1.807) is 12.5 Å². The number of hydrogen-bond acceptors (Lipinski definition) is 4. The summed E-state index contributed by atoms with van der Waals surface area (Å²) in [6.07, 6.45) is 14.7. The van der Waals surface area contributed by atoms with Gasteiger partial charge in [-0.15, -0.1) is 0 Å². The van der Waals surface area contributed by atoms with Crippen LogP contribution in [0.5, 0.6) is 0 Å². The van der Waals surface area contributed by atoms with E-state index in [2.05, 4.69) is 11.9 Å². The smallest absolute Gasteiger partial charge is 0.156 e. The lowest BCUT2D eigenvalue weighted by Gasteiger charge is -2.62. The highest BCUT2D eigenvalue weighted by Gasteiger charge is 2.62. The lowest BCUT2D eigenvalue weighted by atomic mass is 9.43. The van der Waals surface area contributed by atoms with Crippen LogP contribution in [0.1, 0.15) is 71.6 Å². The molecule has 8 atom stereocenters. The molecular formula is C25H38N2O3. The van der Waals surface area contributed by atoms with E-state index in [1.165, 1.54) is 6.42 Å². The van der Waals surface area contributed by atoms with Crippen molar-refractivity contribution >= 4 is 5.78 Å². The number of fused-ring (bicyclic) bond motifs is 5. The van der Waals surface area contributed by atoms with Crippen molar-refractivity contribution in [2.24, 2.45) is 40.4 Å². The molecule has 5 nitrogen and oxygen atoms in total. The predicted octanol–water partition coefficient (Wildman–Crippen LogP) is 3.83. The number of carbonyl (C=O) groups excluding carboxylic acids is 1. The molecule has 5 rings (SSSR count). The summed E-state index contributed by atoms with van der Waals surface area (Å²) >= 11 is 0. The summed E-state index contributed by atoms with van der Waals surface area (Å²) in [7, 11) is 0. The van der Waals surface area contributed by atoms with Crippen molar-refractivity contribution in [2.75, 3.05) is 6.61 Å². The third-order valence-corrected chi connectivity index (χ3v) is 10.2. The molecular weight excluding hydrogens is 376 g/mol.